The van der Waals surface area contributed by atoms with E-state index in [-0.39, 0.29) is 24.2 Å². The van der Waals surface area contributed by atoms with E-state index >= 15 is 0 Å². The predicted molar refractivity (Wildman–Crippen MR) is 83.5 cm³/mol. The van der Waals surface area contributed by atoms with Crippen LogP contribution in [0.2, 0.25) is 0 Å². The molecule has 0 saturated carbocycles. The Morgan fingerprint density at radius 1 is 1.40 bits per heavy atom. The van der Waals surface area contributed by atoms with Crippen LogP contribution in [0.25, 0.3) is 0 Å². The van der Waals surface area contributed by atoms with Crippen LogP contribution in [0.4, 0.5) is 5.69 Å². The molecular weight excluding hydrogens is 296 g/mol. The highest BCUT2D eigenvalue weighted by atomic mass is 32.2. The van der Waals surface area contributed by atoms with E-state index in [2.05, 4.69) is 5.32 Å². The largest absolute Gasteiger partial charge is 0.395 e. The number of aliphatic hydroxyl groups excluding tert-OH is 1. The van der Waals surface area contributed by atoms with E-state index in [9.17, 15) is 8.42 Å². The standard InChI is InChI=1S/C13H18N2O3S2/c16-8-7-15(12-6-9-20(17,18)10-12)13(19)14-11-4-2-1-3-5-11/h1-5,12,16H,6-10H2,(H,14,19). The van der Waals surface area contributed by atoms with E-state index in [1.54, 1.807) is 4.90 Å². The van der Waals surface area contributed by atoms with E-state index < -0.39 is 9.84 Å². The molecule has 1 atom stereocenters. The second kappa shape index (κ2) is 6.51. The number of aliphatic hydroxyl groups is 1. The van der Waals surface area contributed by atoms with E-state index in [1.807, 2.05) is 30.3 Å². The third-order valence-electron chi connectivity index (χ3n) is 3.28. The first-order chi connectivity index (χ1) is 9.52. The van der Waals surface area contributed by atoms with Gasteiger partial charge in [-0.05, 0) is 30.8 Å². The van der Waals surface area contributed by atoms with Crippen molar-refractivity contribution in [3.63, 3.8) is 0 Å². The highest BCUT2D eigenvalue weighted by molar-refractivity contribution is 7.91. The van der Waals surface area contributed by atoms with E-state index in [1.165, 1.54) is 0 Å². The molecule has 2 N–H and O–H groups in total. The summed E-state index contributed by atoms with van der Waals surface area (Å²) in [5, 5.41) is 12.7. The molecule has 0 bridgehead atoms. The maximum Gasteiger partial charge on any atom is 0.173 e. The summed E-state index contributed by atoms with van der Waals surface area (Å²) in [6, 6.07) is 9.30. The smallest absolute Gasteiger partial charge is 0.173 e. The van der Waals surface area contributed by atoms with Crippen molar-refractivity contribution in [2.45, 2.75) is 12.5 Å². The molecule has 1 saturated heterocycles. The number of nitrogens with one attached hydrogen (secondary N) is 1. The van der Waals surface area contributed by atoms with Crippen molar-refractivity contribution in [2.24, 2.45) is 0 Å². The number of hydrogen-bond donors (Lipinski definition) is 2. The summed E-state index contributed by atoms with van der Waals surface area (Å²) in [6.07, 6.45) is 0.555. The predicted octanol–water partition coefficient (Wildman–Crippen LogP) is 0.865. The van der Waals surface area contributed by atoms with Crippen molar-refractivity contribution in [3.05, 3.63) is 30.3 Å². The summed E-state index contributed by atoms with van der Waals surface area (Å²) in [5.74, 6) is 0.289. The SMILES string of the molecule is O=S1(=O)CCC(N(CCO)C(=S)Nc2ccccc2)C1. The third-order valence-corrected chi connectivity index (χ3v) is 5.36. The van der Waals surface area contributed by atoms with E-state index in [0.29, 0.717) is 18.1 Å². The van der Waals surface area contributed by atoms with Gasteiger partial charge in [0, 0.05) is 18.3 Å². The van der Waals surface area contributed by atoms with Crippen LogP contribution in [0.3, 0.4) is 0 Å². The van der Waals surface area contributed by atoms with Gasteiger partial charge in [0.1, 0.15) is 0 Å². The highest BCUT2D eigenvalue weighted by Gasteiger charge is 2.33. The van der Waals surface area contributed by atoms with Crippen molar-refractivity contribution in [1.82, 2.24) is 4.90 Å². The minimum Gasteiger partial charge on any atom is -0.395 e. The topological polar surface area (TPSA) is 69.6 Å². The van der Waals surface area contributed by atoms with Gasteiger partial charge in [-0.3, -0.25) is 0 Å². The fourth-order valence-electron chi connectivity index (χ4n) is 2.30. The number of thiocarbonyl (C=S) groups is 1. The Kier molecular flexibility index (Phi) is 4.95. The molecule has 1 aromatic rings. The van der Waals surface area contributed by atoms with Gasteiger partial charge < -0.3 is 15.3 Å². The molecule has 2 rings (SSSR count). The van der Waals surface area contributed by atoms with Crippen molar-refractivity contribution in [3.8, 4) is 0 Å². The molecule has 20 heavy (non-hydrogen) atoms. The zero-order chi connectivity index (χ0) is 14.6. The Bertz CT molecular complexity index is 560. The maximum atomic E-state index is 11.6. The Morgan fingerprint density at radius 3 is 2.65 bits per heavy atom. The summed E-state index contributed by atoms with van der Waals surface area (Å²) in [4.78, 5) is 1.77. The molecule has 7 heteroatoms. The van der Waals surface area contributed by atoms with Gasteiger partial charge in [0.05, 0.1) is 18.1 Å². The highest BCUT2D eigenvalue weighted by Crippen LogP contribution is 2.19. The number of para-hydroxylation sites is 1. The molecule has 1 aromatic carbocycles. The van der Waals surface area contributed by atoms with Gasteiger partial charge in [-0.1, -0.05) is 18.2 Å². The molecule has 1 aliphatic heterocycles. The average Bonchev–Trinajstić information content (AvgIpc) is 2.77. The van der Waals surface area contributed by atoms with Crippen molar-refractivity contribution in [2.75, 3.05) is 30.0 Å². The zero-order valence-corrected chi connectivity index (χ0v) is 12.7. The van der Waals surface area contributed by atoms with Crippen LogP contribution in [0.5, 0.6) is 0 Å². The molecule has 0 radical (unpaired) electrons. The van der Waals surface area contributed by atoms with Gasteiger partial charge >= 0.3 is 0 Å². The number of nitrogens with zero attached hydrogens (tertiary/aromatic N) is 1. The van der Waals surface area contributed by atoms with Crippen LogP contribution >= 0.6 is 12.2 Å². The second-order valence-electron chi connectivity index (χ2n) is 4.77. The average molecular weight is 314 g/mol. The normalized spacial score (nSPS) is 20.6. The molecule has 0 aliphatic carbocycles. The number of anilines is 1. The molecule has 1 unspecified atom stereocenters. The maximum absolute atomic E-state index is 11.6. The van der Waals surface area contributed by atoms with Crippen LogP contribution in [-0.4, -0.2) is 54.2 Å². The molecule has 110 valence electrons. The summed E-state index contributed by atoms with van der Waals surface area (Å²) in [7, 11) is -2.98. The lowest BCUT2D eigenvalue weighted by atomic mass is 10.2. The summed E-state index contributed by atoms with van der Waals surface area (Å²) in [5.41, 5.74) is 0.848. The van der Waals surface area contributed by atoms with E-state index in [0.717, 1.165) is 5.69 Å². The van der Waals surface area contributed by atoms with Crippen LogP contribution < -0.4 is 5.32 Å². The summed E-state index contributed by atoms with van der Waals surface area (Å²) < 4.78 is 23.2. The fraction of sp³-hybridized carbons (Fsp3) is 0.462. The quantitative estimate of drug-likeness (QED) is 0.804. The van der Waals surface area contributed by atoms with Crippen LogP contribution in [0, 0.1) is 0 Å². The molecule has 0 aromatic heterocycles. The minimum atomic E-state index is -2.98. The molecule has 0 spiro atoms. The van der Waals surface area contributed by atoms with Gasteiger partial charge in [0.15, 0.2) is 14.9 Å². The first-order valence-corrected chi connectivity index (χ1v) is 8.69. The first-order valence-electron chi connectivity index (χ1n) is 6.46. The lowest BCUT2D eigenvalue weighted by Crippen LogP contribution is -2.45. The lowest BCUT2D eigenvalue weighted by Gasteiger charge is -2.30. The third kappa shape index (κ3) is 3.91. The number of rotatable bonds is 4. The van der Waals surface area contributed by atoms with Crippen LogP contribution in [-0.2, 0) is 9.84 Å². The number of benzene rings is 1. The molecule has 5 nitrogen and oxygen atoms in total. The molecular formula is C13H18N2O3S2. The molecule has 1 fully saturated rings. The van der Waals surface area contributed by atoms with Crippen molar-refractivity contribution < 1.29 is 13.5 Å². The zero-order valence-electron chi connectivity index (χ0n) is 11.0. The summed E-state index contributed by atoms with van der Waals surface area (Å²) in [6.45, 7) is 0.270. The Balaban J connectivity index is 2.06. The van der Waals surface area contributed by atoms with Gasteiger partial charge in [-0.2, -0.15) is 0 Å². The Morgan fingerprint density at radius 2 is 2.10 bits per heavy atom. The second-order valence-corrected chi connectivity index (χ2v) is 7.39. The fourth-order valence-corrected chi connectivity index (χ4v) is 4.38. The van der Waals surface area contributed by atoms with Gasteiger partial charge in [0.25, 0.3) is 0 Å². The van der Waals surface area contributed by atoms with Crippen LogP contribution in [0.15, 0.2) is 30.3 Å². The van der Waals surface area contributed by atoms with Gasteiger partial charge in [-0.15, -0.1) is 0 Å². The number of sulfone groups is 1. The minimum absolute atomic E-state index is 0.0623. The molecule has 1 aliphatic rings. The number of hydrogen-bond acceptors (Lipinski definition) is 4. The van der Waals surface area contributed by atoms with Gasteiger partial charge in [0.2, 0.25) is 0 Å². The van der Waals surface area contributed by atoms with Crippen molar-refractivity contribution in [1.29, 1.82) is 0 Å². The van der Waals surface area contributed by atoms with Crippen molar-refractivity contribution >= 4 is 32.9 Å². The Hall–Kier alpha value is -1.18. The summed E-state index contributed by atoms with van der Waals surface area (Å²) >= 11 is 5.34. The van der Waals surface area contributed by atoms with E-state index in [4.69, 9.17) is 17.3 Å². The lowest BCUT2D eigenvalue weighted by molar-refractivity contribution is 0.228. The first kappa shape index (κ1) is 15.2. The van der Waals surface area contributed by atoms with Crippen LogP contribution in [0.1, 0.15) is 6.42 Å². The Labute approximate surface area is 124 Å². The molecule has 0 amide bonds. The molecule has 1 heterocycles. The monoisotopic (exact) mass is 314 g/mol. The van der Waals surface area contributed by atoms with Gasteiger partial charge in [-0.25, -0.2) is 8.42 Å².